The highest BCUT2D eigenvalue weighted by Crippen LogP contribution is 2.36. The number of hydrogen-bond acceptors (Lipinski definition) is 4. The van der Waals surface area contributed by atoms with E-state index in [1.54, 1.807) is 13.3 Å². The van der Waals surface area contributed by atoms with Gasteiger partial charge in [0, 0.05) is 30.1 Å². The third kappa shape index (κ3) is 8.86. The van der Waals surface area contributed by atoms with Crippen molar-refractivity contribution in [2.75, 3.05) is 26.7 Å². The monoisotopic (exact) mass is 606 g/mol. The fraction of sp³-hybridized carbons (Fsp3) is 0.438. The molecule has 1 N–H and O–H groups in total. The number of nitrogens with zero attached hydrogens (tertiary/aromatic N) is 2. The highest BCUT2D eigenvalue weighted by atomic mass is 19.4. The molecule has 1 aliphatic rings. The van der Waals surface area contributed by atoms with Crippen molar-refractivity contribution in [3.63, 3.8) is 0 Å². The summed E-state index contributed by atoms with van der Waals surface area (Å²) in [5.74, 6) is 5.41. The van der Waals surface area contributed by atoms with Crippen molar-refractivity contribution in [3.05, 3.63) is 70.9 Å². The van der Waals surface area contributed by atoms with E-state index in [9.17, 15) is 36.2 Å². The summed E-state index contributed by atoms with van der Waals surface area (Å²) in [7, 11) is 1.61. The maximum absolute atomic E-state index is 13.2. The van der Waals surface area contributed by atoms with Crippen molar-refractivity contribution >= 4 is 16.9 Å². The van der Waals surface area contributed by atoms with Gasteiger partial charge >= 0.3 is 18.3 Å². The van der Waals surface area contributed by atoms with Crippen molar-refractivity contribution in [1.82, 2.24) is 9.88 Å². The first-order chi connectivity index (χ1) is 20.3. The second kappa shape index (κ2) is 13.7. The zero-order valence-corrected chi connectivity index (χ0v) is 23.6. The number of pyridine rings is 1. The standard InChI is InChI=1S/C32H32F6N2O3/c1-43-27-8-9-29-28(19-27)23(11-13-39-29)6-2-5-22-12-15-40(20-24(22)7-10-30(41)42)14-3-4-21-16-25(31(33,34)35)18-26(17-21)32(36,37)38/h8-9,11,13,16-19,22,24H,2,5-7,10,12,14-15,20H2,1H3,(H,41,42)/t22-,24+/m1/s1. The van der Waals surface area contributed by atoms with Gasteiger partial charge in [0.25, 0.3) is 0 Å². The molecule has 11 heteroatoms. The molecule has 0 aliphatic carbocycles. The lowest BCUT2D eigenvalue weighted by atomic mass is 9.79. The average molecular weight is 607 g/mol. The Bertz CT molecular complexity index is 1460. The molecule has 1 aromatic heterocycles. The number of fused-ring (bicyclic) bond motifs is 1. The number of methoxy groups -OCH3 is 1. The molecule has 2 aromatic carbocycles. The Morgan fingerprint density at radius 3 is 2.40 bits per heavy atom. The van der Waals surface area contributed by atoms with Gasteiger partial charge in [-0.2, -0.15) is 26.3 Å². The van der Waals surface area contributed by atoms with E-state index in [2.05, 4.69) is 16.8 Å². The van der Waals surface area contributed by atoms with Crippen molar-refractivity contribution < 1.29 is 41.0 Å². The molecule has 4 rings (SSSR count). The summed E-state index contributed by atoms with van der Waals surface area (Å²) in [6.07, 6.45) is -4.21. The van der Waals surface area contributed by atoms with E-state index < -0.39 is 29.4 Å². The highest BCUT2D eigenvalue weighted by molar-refractivity contribution is 5.83. The van der Waals surface area contributed by atoms with Crippen LogP contribution in [0.1, 0.15) is 54.4 Å². The Kier molecular flexibility index (Phi) is 10.2. The van der Waals surface area contributed by atoms with Crippen LogP contribution in [0.15, 0.2) is 48.7 Å². The fourth-order valence-electron chi connectivity index (χ4n) is 5.68. The van der Waals surface area contributed by atoms with Crippen LogP contribution >= 0.6 is 0 Å². The molecule has 0 saturated carbocycles. The lowest BCUT2D eigenvalue weighted by Gasteiger charge is -2.38. The zero-order valence-electron chi connectivity index (χ0n) is 23.6. The largest absolute Gasteiger partial charge is 0.497 e. The van der Waals surface area contributed by atoms with Crippen LogP contribution in [0, 0.1) is 23.7 Å². The quantitative estimate of drug-likeness (QED) is 0.203. The van der Waals surface area contributed by atoms with Crippen molar-refractivity contribution in [2.45, 2.75) is 50.9 Å². The van der Waals surface area contributed by atoms with E-state index in [-0.39, 0.29) is 36.4 Å². The van der Waals surface area contributed by atoms with Crippen LogP contribution in [0.5, 0.6) is 5.75 Å². The van der Waals surface area contributed by atoms with Crippen LogP contribution in [-0.2, 0) is 23.6 Å². The first-order valence-corrected chi connectivity index (χ1v) is 14.0. The highest BCUT2D eigenvalue weighted by Gasteiger charge is 2.37. The Balaban J connectivity index is 1.41. The number of carbonyl (C=O) groups is 1. The van der Waals surface area contributed by atoms with Gasteiger partial charge in [-0.1, -0.05) is 11.8 Å². The van der Waals surface area contributed by atoms with Gasteiger partial charge in [0.05, 0.1) is 30.3 Å². The molecule has 43 heavy (non-hydrogen) atoms. The Morgan fingerprint density at radius 2 is 1.74 bits per heavy atom. The Morgan fingerprint density at radius 1 is 1.02 bits per heavy atom. The van der Waals surface area contributed by atoms with Crippen LogP contribution in [0.3, 0.4) is 0 Å². The molecule has 1 fully saturated rings. The van der Waals surface area contributed by atoms with Gasteiger partial charge in [-0.25, -0.2) is 0 Å². The van der Waals surface area contributed by atoms with Gasteiger partial charge in [-0.05, 0) is 98.5 Å². The Hall–Kier alpha value is -3.78. The lowest BCUT2D eigenvalue weighted by molar-refractivity contribution is -0.143. The van der Waals surface area contributed by atoms with Crippen LogP contribution in [0.25, 0.3) is 10.9 Å². The van der Waals surface area contributed by atoms with E-state index in [0.717, 1.165) is 47.9 Å². The normalized spacial score (nSPS) is 17.8. The molecule has 2 atom stereocenters. The number of hydrogen-bond donors (Lipinski definition) is 1. The number of benzene rings is 2. The van der Waals surface area contributed by atoms with Crippen molar-refractivity contribution in [2.24, 2.45) is 11.8 Å². The number of rotatable bonds is 9. The van der Waals surface area contributed by atoms with Crippen LogP contribution < -0.4 is 4.74 Å². The smallest absolute Gasteiger partial charge is 0.416 e. The van der Waals surface area contributed by atoms with Gasteiger partial charge in [-0.15, -0.1) is 0 Å². The molecule has 3 aromatic rings. The van der Waals surface area contributed by atoms with Crippen molar-refractivity contribution in [1.29, 1.82) is 0 Å². The third-order valence-corrected chi connectivity index (χ3v) is 7.89. The number of carboxylic acids is 1. The summed E-state index contributed by atoms with van der Waals surface area (Å²) in [5.41, 5.74) is -1.13. The number of alkyl halides is 6. The third-order valence-electron chi connectivity index (χ3n) is 7.89. The van der Waals surface area contributed by atoms with Crippen molar-refractivity contribution in [3.8, 4) is 17.6 Å². The summed E-state index contributed by atoms with van der Waals surface area (Å²) in [5, 5.41) is 10.3. The number of ether oxygens (including phenoxy) is 1. The summed E-state index contributed by atoms with van der Waals surface area (Å²) in [6.45, 7) is 1.35. The Labute approximate surface area is 245 Å². The molecule has 0 spiro atoms. The molecule has 0 radical (unpaired) electrons. The van der Waals surface area contributed by atoms with E-state index in [4.69, 9.17) is 4.74 Å². The number of aryl methyl sites for hydroxylation is 1. The molecule has 230 valence electrons. The van der Waals surface area contributed by atoms with Gasteiger partial charge in [-0.3, -0.25) is 14.7 Å². The molecule has 0 bridgehead atoms. The van der Waals surface area contributed by atoms with Crippen LogP contribution in [-0.4, -0.2) is 47.7 Å². The number of aromatic nitrogens is 1. The molecule has 0 unspecified atom stereocenters. The summed E-state index contributed by atoms with van der Waals surface area (Å²) >= 11 is 0. The summed E-state index contributed by atoms with van der Waals surface area (Å²) in [6, 6.07) is 9.06. The molecule has 5 nitrogen and oxygen atoms in total. The number of carboxylic acid groups (broad SMARTS) is 1. The average Bonchev–Trinajstić information content (AvgIpc) is 2.95. The van der Waals surface area contributed by atoms with E-state index in [1.165, 1.54) is 0 Å². The predicted molar refractivity (Wildman–Crippen MR) is 149 cm³/mol. The minimum Gasteiger partial charge on any atom is -0.497 e. The molecule has 1 aliphatic heterocycles. The maximum atomic E-state index is 13.2. The van der Waals surface area contributed by atoms with E-state index in [0.29, 0.717) is 31.6 Å². The lowest BCUT2D eigenvalue weighted by Crippen LogP contribution is -2.41. The number of piperidine rings is 1. The van der Waals surface area contributed by atoms with Crippen LogP contribution in [0.2, 0.25) is 0 Å². The SMILES string of the molecule is COc1ccc2nccc(CCC[C@@H]3CCN(CC#Cc4cc(C(F)(F)F)cc(C(F)(F)F)c4)C[C@@H]3CCC(=O)O)c2c1. The fourth-order valence-corrected chi connectivity index (χ4v) is 5.68. The second-order valence-corrected chi connectivity index (χ2v) is 10.8. The number of likely N-dealkylation sites (tertiary alicyclic amines) is 1. The molecular weight excluding hydrogens is 574 g/mol. The molecule has 1 saturated heterocycles. The first kappa shape index (κ1) is 32.1. The number of aliphatic carboxylic acids is 1. The molecular formula is C32H32F6N2O3. The summed E-state index contributed by atoms with van der Waals surface area (Å²) in [4.78, 5) is 17.7. The van der Waals surface area contributed by atoms with Gasteiger partial charge < -0.3 is 9.84 Å². The minimum atomic E-state index is -4.94. The second-order valence-electron chi connectivity index (χ2n) is 10.8. The maximum Gasteiger partial charge on any atom is 0.416 e. The predicted octanol–water partition coefficient (Wildman–Crippen LogP) is 7.46. The topological polar surface area (TPSA) is 62.7 Å². The van der Waals surface area contributed by atoms with Gasteiger partial charge in [0.1, 0.15) is 5.75 Å². The number of halogens is 6. The first-order valence-electron chi connectivity index (χ1n) is 14.0. The molecule has 0 amide bonds. The minimum absolute atomic E-state index is 0.0138. The zero-order chi connectivity index (χ0) is 31.2. The van der Waals surface area contributed by atoms with Gasteiger partial charge in [0.2, 0.25) is 0 Å². The summed E-state index contributed by atoms with van der Waals surface area (Å²) < 4.78 is 84.4. The van der Waals surface area contributed by atoms with E-state index in [1.807, 2.05) is 29.2 Å². The van der Waals surface area contributed by atoms with Crippen LogP contribution in [0.4, 0.5) is 26.3 Å². The van der Waals surface area contributed by atoms with E-state index >= 15 is 0 Å². The molecule has 2 heterocycles. The van der Waals surface area contributed by atoms with Gasteiger partial charge in [0.15, 0.2) is 0 Å².